The van der Waals surface area contributed by atoms with Gasteiger partial charge in [0.1, 0.15) is 4.90 Å². The third-order valence-corrected chi connectivity index (χ3v) is 6.02. The van der Waals surface area contributed by atoms with Crippen LogP contribution >= 0.6 is 0 Å². The van der Waals surface area contributed by atoms with E-state index >= 15 is 0 Å². The molecule has 2 atom stereocenters. The minimum absolute atomic E-state index is 0.0141. The van der Waals surface area contributed by atoms with Gasteiger partial charge in [-0.15, -0.1) is 0 Å². The summed E-state index contributed by atoms with van der Waals surface area (Å²) in [6.07, 6.45) is 7.37. The molecule has 21 heavy (non-hydrogen) atoms. The Balaban J connectivity index is 1.80. The van der Waals surface area contributed by atoms with E-state index in [4.69, 9.17) is 0 Å². The van der Waals surface area contributed by atoms with Crippen LogP contribution in [0, 0.1) is 0 Å². The summed E-state index contributed by atoms with van der Waals surface area (Å²) >= 11 is 0. The van der Waals surface area contributed by atoms with E-state index in [9.17, 15) is 8.42 Å². The smallest absolute Gasteiger partial charge is 0.244 e. The van der Waals surface area contributed by atoms with Gasteiger partial charge in [0, 0.05) is 38.1 Å². The molecule has 2 aliphatic rings. The molecule has 0 saturated carbocycles. The molecule has 2 fully saturated rings. The first kappa shape index (κ1) is 14.7. The molecule has 3 rings (SSSR count). The number of hydrogen-bond acceptors (Lipinski definition) is 5. The Morgan fingerprint density at radius 2 is 2.14 bits per heavy atom. The lowest BCUT2D eigenvalue weighted by molar-refractivity contribution is 0.186. The van der Waals surface area contributed by atoms with Gasteiger partial charge in [-0.1, -0.05) is 6.42 Å². The maximum Gasteiger partial charge on any atom is 0.244 e. The van der Waals surface area contributed by atoms with Gasteiger partial charge in [-0.3, -0.25) is 9.88 Å². The van der Waals surface area contributed by atoms with Crippen molar-refractivity contribution in [1.29, 1.82) is 0 Å². The number of hydrogen-bond donors (Lipinski definition) is 2. The van der Waals surface area contributed by atoms with Crippen molar-refractivity contribution in [3.05, 3.63) is 18.5 Å². The molecule has 2 N–H and O–H groups in total. The number of nitrogens with zero attached hydrogens (tertiary/aromatic N) is 2. The maximum atomic E-state index is 12.6. The molecule has 0 amide bonds. The fourth-order valence-electron chi connectivity index (χ4n) is 3.45. The summed E-state index contributed by atoms with van der Waals surface area (Å²) in [5.41, 5.74) is 0.580. The van der Waals surface area contributed by atoms with Crippen molar-refractivity contribution < 1.29 is 8.42 Å². The largest absolute Gasteiger partial charge is 0.387 e. The summed E-state index contributed by atoms with van der Waals surface area (Å²) in [4.78, 5) is 6.59. The lowest BCUT2D eigenvalue weighted by atomic mass is 10.00. The topological polar surface area (TPSA) is 74.3 Å². The van der Waals surface area contributed by atoms with E-state index in [1.54, 1.807) is 19.3 Å². The van der Waals surface area contributed by atoms with Crippen LogP contribution in [0.2, 0.25) is 0 Å². The van der Waals surface area contributed by atoms with E-state index in [0.717, 1.165) is 25.9 Å². The minimum Gasteiger partial charge on any atom is -0.387 e. The van der Waals surface area contributed by atoms with Gasteiger partial charge in [0.05, 0.1) is 5.69 Å². The zero-order valence-electron chi connectivity index (χ0n) is 12.2. The Hall–Kier alpha value is -1.18. The molecule has 2 unspecified atom stereocenters. The standard InChI is InChI=1S/C14H22N4O2S/c1-15-12-5-7-16-10-14(12)21(19,20)17-11-6-9-18-8-3-2-4-13(11)18/h5,7,10-11,13,17H,2-4,6,8-9H2,1H3,(H,15,16). The molecule has 6 nitrogen and oxygen atoms in total. The number of sulfonamides is 1. The van der Waals surface area contributed by atoms with Crippen LogP contribution in [0.5, 0.6) is 0 Å². The van der Waals surface area contributed by atoms with Crippen LogP contribution in [-0.2, 0) is 10.0 Å². The Labute approximate surface area is 126 Å². The second-order valence-corrected chi connectivity index (χ2v) is 7.42. The van der Waals surface area contributed by atoms with Gasteiger partial charge in [-0.25, -0.2) is 13.1 Å². The molecule has 7 heteroatoms. The minimum atomic E-state index is -3.54. The van der Waals surface area contributed by atoms with Gasteiger partial charge in [-0.2, -0.15) is 0 Å². The van der Waals surface area contributed by atoms with Gasteiger partial charge in [0.2, 0.25) is 10.0 Å². The van der Waals surface area contributed by atoms with Gasteiger partial charge < -0.3 is 5.32 Å². The highest BCUT2D eigenvalue weighted by atomic mass is 32.2. The highest BCUT2D eigenvalue weighted by Crippen LogP contribution is 2.29. The maximum absolute atomic E-state index is 12.6. The zero-order valence-corrected chi connectivity index (χ0v) is 13.1. The third-order valence-electron chi connectivity index (χ3n) is 4.51. The van der Waals surface area contributed by atoms with E-state index in [0.29, 0.717) is 11.7 Å². The van der Waals surface area contributed by atoms with Crippen LogP contribution < -0.4 is 10.0 Å². The number of fused-ring (bicyclic) bond motifs is 1. The fraction of sp³-hybridized carbons (Fsp3) is 0.643. The van der Waals surface area contributed by atoms with Crippen LogP contribution in [0.3, 0.4) is 0 Å². The zero-order chi connectivity index (χ0) is 14.9. The van der Waals surface area contributed by atoms with Gasteiger partial charge in [0.25, 0.3) is 0 Å². The van der Waals surface area contributed by atoms with Crippen LogP contribution in [-0.4, -0.2) is 50.5 Å². The Kier molecular flexibility index (Phi) is 4.14. The average molecular weight is 310 g/mol. The second-order valence-electron chi connectivity index (χ2n) is 5.74. The Bertz CT molecular complexity index is 605. The molecule has 2 saturated heterocycles. The second kappa shape index (κ2) is 5.90. The van der Waals surface area contributed by atoms with Crippen LogP contribution in [0.25, 0.3) is 0 Å². The molecule has 2 aliphatic heterocycles. The first-order chi connectivity index (χ1) is 10.1. The molecule has 116 valence electrons. The quantitative estimate of drug-likeness (QED) is 0.869. The molecule has 1 aromatic rings. The van der Waals surface area contributed by atoms with Gasteiger partial charge in [0.15, 0.2) is 0 Å². The highest BCUT2D eigenvalue weighted by Gasteiger charge is 2.38. The van der Waals surface area contributed by atoms with Crippen molar-refractivity contribution in [3.8, 4) is 0 Å². The first-order valence-electron chi connectivity index (χ1n) is 7.50. The summed E-state index contributed by atoms with van der Waals surface area (Å²) in [6.45, 7) is 2.08. The number of piperidine rings is 1. The number of rotatable bonds is 4. The third kappa shape index (κ3) is 2.90. The number of nitrogens with one attached hydrogen (secondary N) is 2. The van der Waals surface area contributed by atoms with Crippen molar-refractivity contribution >= 4 is 15.7 Å². The molecule has 0 spiro atoms. The summed E-state index contributed by atoms with van der Waals surface area (Å²) < 4.78 is 28.2. The van der Waals surface area contributed by atoms with E-state index in [2.05, 4.69) is 19.9 Å². The average Bonchev–Trinajstić information content (AvgIpc) is 2.90. The molecule has 0 radical (unpaired) electrons. The molecule has 1 aromatic heterocycles. The van der Waals surface area contributed by atoms with Gasteiger partial charge >= 0.3 is 0 Å². The predicted octanol–water partition coefficient (Wildman–Crippen LogP) is 1.03. The summed E-state index contributed by atoms with van der Waals surface area (Å²) in [6, 6.07) is 2.04. The molecular weight excluding hydrogens is 288 g/mol. The number of anilines is 1. The Morgan fingerprint density at radius 3 is 2.95 bits per heavy atom. The SMILES string of the molecule is CNc1ccncc1S(=O)(=O)NC1CCN2CCCCC12. The molecule has 0 bridgehead atoms. The molecule has 3 heterocycles. The molecule has 0 aromatic carbocycles. The Morgan fingerprint density at radius 1 is 1.29 bits per heavy atom. The van der Waals surface area contributed by atoms with E-state index in [1.165, 1.54) is 19.0 Å². The van der Waals surface area contributed by atoms with Crippen LogP contribution in [0.4, 0.5) is 5.69 Å². The summed E-state index contributed by atoms with van der Waals surface area (Å²) in [5, 5.41) is 2.91. The summed E-state index contributed by atoms with van der Waals surface area (Å²) in [7, 11) is -1.82. The first-order valence-corrected chi connectivity index (χ1v) is 8.98. The van der Waals surface area contributed by atoms with Crippen molar-refractivity contribution in [3.63, 3.8) is 0 Å². The monoisotopic (exact) mass is 310 g/mol. The fourth-order valence-corrected chi connectivity index (χ4v) is 4.91. The summed E-state index contributed by atoms with van der Waals surface area (Å²) in [5.74, 6) is 0. The van der Waals surface area contributed by atoms with Crippen molar-refractivity contribution in [2.45, 2.75) is 42.7 Å². The normalized spacial score (nSPS) is 26.5. The number of pyridine rings is 1. The lowest BCUT2D eigenvalue weighted by Gasteiger charge is -2.32. The molecular formula is C14H22N4O2S. The van der Waals surface area contributed by atoms with E-state index in [-0.39, 0.29) is 10.9 Å². The highest BCUT2D eigenvalue weighted by molar-refractivity contribution is 7.89. The van der Waals surface area contributed by atoms with Crippen LogP contribution in [0.15, 0.2) is 23.4 Å². The molecule has 0 aliphatic carbocycles. The predicted molar refractivity (Wildman–Crippen MR) is 81.7 cm³/mol. The van der Waals surface area contributed by atoms with Crippen LogP contribution in [0.1, 0.15) is 25.7 Å². The van der Waals surface area contributed by atoms with Crippen molar-refractivity contribution in [2.75, 3.05) is 25.5 Å². The van der Waals surface area contributed by atoms with Crippen molar-refractivity contribution in [1.82, 2.24) is 14.6 Å². The van der Waals surface area contributed by atoms with Crippen molar-refractivity contribution in [2.24, 2.45) is 0 Å². The van der Waals surface area contributed by atoms with E-state index < -0.39 is 10.0 Å². The van der Waals surface area contributed by atoms with Gasteiger partial charge in [-0.05, 0) is 31.9 Å². The van der Waals surface area contributed by atoms with E-state index in [1.807, 2.05) is 0 Å². The lowest BCUT2D eigenvalue weighted by Crippen LogP contribution is -2.46. The number of aromatic nitrogens is 1.